The Morgan fingerprint density at radius 3 is 2.56 bits per heavy atom. The van der Waals surface area contributed by atoms with Gasteiger partial charge in [-0.05, 0) is 73.0 Å². The molecule has 96 valence electrons. The minimum absolute atomic E-state index is 0.321. The summed E-state index contributed by atoms with van der Waals surface area (Å²) in [6.45, 7) is 0. The van der Waals surface area contributed by atoms with Crippen molar-refractivity contribution in [2.75, 3.05) is 0 Å². The molecule has 0 nitrogen and oxygen atoms in total. The second-order valence-corrected chi connectivity index (χ2v) is 7.41. The minimum Gasteiger partial charge on any atom is -0.122 e. The van der Waals surface area contributed by atoms with Crippen molar-refractivity contribution in [2.45, 2.75) is 31.1 Å². The number of fused-ring (bicyclic) bond motifs is 5. The summed E-state index contributed by atoms with van der Waals surface area (Å²) in [6, 6.07) is 8.16. The molecule has 4 rings (SSSR count). The number of rotatable bonds is 3. The molecule has 3 aliphatic rings. The second kappa shape index (κ2) is 4.15. The lowest BCUT2D eigenvalue weighted by Crippen LogP contribution is -2.13. The number of hydrogen-bond acceptors (Lipinski definition) is 0. The first-order valence-corrected chi connectivity index (χ1v) is 7.94. The van der Waals surface area contributed by atoms with Gasteiger partial charge in [0.15, 0.2) is 0 Å². The zero-order valence-corrected chi connectivity index (χ0v) is 11.9. The Hall–Kier alpha value is -0.200. The molecule has 0 aromatic heterocycles. The van der Waals surface area contributed by atoms with Crippen molar-refractivity contribution in [3.05, 3.63) is 34.9 Å². The lowest BCUT2D eigenvalue weighted by molar-refractivity contribution is 0.449. The van der Waals surface area contributed by atoms with E-state index in [1.165, 1.54) is 24.8 Å². The van der Waals surface area contributed by atoms with Crippen LogP contribution in [0.15, 0.2) is 24.3 Å². The van der Waals surface area contributed by atoms with Crippen molar-refractivity contribution in [3.8, 4) is 0 Å². The third-order valence-electron chi connectivity index (χ3n) is 5.53. The Balaban J connectivity index is 1.45. The van der Waals surface area contributed by atoms with E-state index in [-0.39, 0.29) is 0 Å². The molecule has 5 atom stereocenters. The average molecular weight is 281 g/mol. The first-order chi connectivity index (χ1) is 8.74. The molecule has 0 heterocycles. The molecule has 2 heteroatoms. The van der Waals surface area contributed by atoms with E-state index in [0.717, 1.165) is 41.0 Å². The molecule has 0 spiro atoms. The molecule has 0 radical (unpaired) electrons. The van der Waals surface area contributed by atoms with E-state index in [1.54, 1.807) is 0 Å². The predicted molar refractivity (Wildman–Crippen MR) is 76.1 cm³/mol. The van der Waals surface area contributed by atoms with E-state index in [0.29, 0.717) is 5.38 Å². The van der Waals surface area contributed by atoms with Crippen LogP contribution >= 0.6 is 23.2 Å². The Kier molecular flexibility index (Phi) is 2.68. The van der Waals surface area contributed by atoms with Gasteiger partial charge in [0.1, 0.15) is 0 Å². The zero-order valence-electron chi connectivity index (χ0n) is 10.4. The predicted octanol–water partition coefficient (Wildman–Crippen LogP) is 4.78. The fraction of sp³-hybridized carbons (Fsp3) is 0.625. The van der Waals surface area contributed by atoms with E-state index < -0.39 is 0 Å². The highest BCUT2D eigenvalue weighted by molar-refractivity contribution is 6.30. The molecule has 2 bridgehead atoms. The van der Waals surface area contributed by atoms with Gasteiger partial charge in [-0.1, -0.05) is 23.7 Å². The summed E-state index contributed by atoms with van der Waals surface area (Å²) in [6.07, 6.45) is 5.44. The normalized spacial score (nSPS) is 41.8. The van der Waals surface area contributed by atoms with E-state index >= 15 is 0 Å². The highest BCUT2D eigenvalue weighted by Crippen LogP contribution is 2.71. The van der Waals surface area contributed by atoms with E-state index in [1.807, 2.05) is 12.1 Å². The van der Waals surface area contributed by atoms with Gasteiger partial charge in [-0.25, -0.2) is 0 Å². The Morgan fingerprint density at radius 2 is 1.89 bits per heavy atom. The fourth-order valence-corrected chi connectivity index (χ4v) is 5.63. The van der Waals surface area contributed by atoms with Gasteiger partial charge in [-0.2, -0.15) is 0 Å². The van der Waals surface area contributed by atoms with Gasteiger partial charge < -0.3 is 0 Å². The van der Waals surface area contributed by atoms with Gasteiger partial charge >= 0.3 is 0 Å². The third-order valence-corrected chi connectivity index (χ3v) is 6.21. The Labute approximate surface area is 119 Å². The Morgan fingerprint density at radius 1 is 1.17 bits per heavy atom. The maximum atomic E-state index is 6.68. The van der Waals surface area contributed by atoms with Gasteiger partial charge in [0, 0.05) is 10.4 Å². The highest BCUT2D eigenvalue weighted by atomic mass is 35.5. The molecule has 0 amide bonds. The van der Waals surface area contributed by atoms with Crippen LogP contribution in [0, 0.1) is 29.6 Å². The Bertz CT molecular complexity index is 454. The minimum atomic E-state index is 0.321. The van der Waals surface area contributed by atoms with Gasteiger partial charge in [-0.15, -0.1) is 11.6 Å². The first kappa shape index (κ1) is 11.6. The first-order valence-electron chi connectivity index (χ1n) is 7.12. The summed E-state index contributed by atoms with van der Waals surface area (Å²) in [5, 5.41) is 1.15. The van der Waals surface area contributed by atoms with Crippen LogP contribution in [0.1, 0.15) is 24.8 Å². The van der Waals surface area contributed by atoms with Gasteiger partial charge in [-0.3, -0.25) is 0 Å². The summed E-state index contributed by atoms with van der Waals surface area (Å²) in [4.78, 5) is 0. The molecule has 5 unspecified atom stereocenters. The molecule has 3 aliphatic carbocycles. The van der Waals surface area contributed by atoms with E-state index in [2.05, 4.69) is 12.1 Å². The molecule has 1 aromatic carbocycles. The SMILES string of the molecule is Clc1cccc(CC(Cl)C2C3C4CCC(C4)C23)c1. The zero-order chi connectivity index (χ0) is 12.3. The molecule has 18 heavy (non-hydrogen) atoms. The van der Waals surface area contributed by atoms with Crippen molar-refractivity contribution in [2.24, 2.45) is 29.6 Å². The standard InChI is InChI=1S/C16H18Cl2/c17-12-3-1-2-9(6-12)7-13(18)16-14-10-4-5-11(8-10)15(14)16/h1-3,6,10-11,13-16H,4-5,7-8H2. The average Bonchev–Trinajstić information content (AvgIpc) is 2.79. The number of halogens is 2. The fourth-order valence-electron chi connectivity index (χ4n) is 4.90. The molecule has 0 saturated heterocycles. The molecular weight excluding hydrogens is 263 g/mol. The van der Waals surface area contributed by atoms with Crippen LogP contribution in [0.4, 0.5) is 0 Å². The molecule has 0 N–H and O–H groups in total. The monoisotopic (exact) mass is 280 g/mol. The van der Waals surface area contributed by atoms with Crippen molar-refractivity contribution >= 4 is 23.2 Å². The van der Waals surface area contributed by atoms with Crippen molar-refractivity contribution in [1.82, 2.24) is 0 Å². The van der Waals surface area contributed by atoms with Crippen LogP contribution in [-0.2, 0) is 6.42 Å². The van der Waals surface area contributed by atoms with Crippen molar-refractivity contribution in [1.29, 1.82) is 0 Å². The lowest BCUT2D eigenvalue weighted by Gasteiger charge is -2.14. The molecular formula is C16H18Cl2. The maximum Gasteiger partial charge on any atom is 0.0410 e. The highest BCUT2D eigenvalue weighted by Gasteiger charge is 2.66. The summed E-state index contributed by atoms with van der Waals surface area (Å²) < 4.78 is 0. The summed E-state index contributed by atoms with van der Waals surface area (Å²) in [5.74, 6) is 4.80. The maximum absolute atomic E-state index is 6.68. The van der Waals surface area contributed by atoms with Crippen LogP contribution in [0.25, 0.3) is 0 Å². The number of benzene rings is 1. The van der Waals surface area contributed by atoms with Crippen molar-refractivity contribution < 1.29 is 0 Å². The summed E-state index contributed by atoms with van der Waals surface area (Å²) in [7, 11) is 0. The summed E-state index contributed by atoms with van der Waals surface area (Å²) >= 11 is 12.7. The molecule has 3 saturated carbocycles. The second-order valence-electron chi connectivity index (χ2n) is 6.42. The third kappa shape index (κ3) is 1.72. The van der Waals surface area contributed by atoms with Crippen LogP contribution in [0.2, 0.25) is 5.02 Å². The number of alkyl halides is 1. The largest absolute Gasteiger partial charge is 0.122 e. The van der Waals surface area contributed by atoms with Crippen LogP contribution in [0.5, 0.6) is 0 Å². The summed E-state index contributed by atoms with van der Waals surface area (Å²) in [5.41, 5.74) is 1.29. The van der Waals surface area contributed by atoms with Crippen LogP contribution in [0.3, 0.4) is 0 Å². The lowest BCUT2D eigenvalue weighted by atomic mass is 9.97. The molecule has 3 fully saturated rings. The number of hydrogen-bond donors (Lipinski definition) is 0. The quantitative estimate of drug-likeness (QED) is 0.699. The molecule has 0 aliphatic heterocycles. The van der Waals surface area contributed by atoms with Gasteiger partial charge in [0.05, 0.1) is 0 Å². The van der Waals surface area contributed by atoms with Crippen molar-refractivity contribution in [3.63, 3.8) is 0 Å². The van der Waals surface area contributed by atoms with Gasteiger partial charge in [0.2, 0.25) is 0 Å². The topological polar surface area (TPSA) is 0 Å². The molecule has 1 aromatic rings. The smallest absolute Gasteiger partial charge is 0.0410 e. The van der Waals surface area contributed by atoms with E-state index in [4.69, 9.17) is 23.2 Å². The van der Waals surface area contributed by atoms with E-state index in [9.17, 15) is 0 Å². The van der Waals surface area contributed by atoms with Crippen LogP contribution in [-0.4, -0.2) is 5.38 Å². The van der Waals surface area contributed by atoms with Gasteiger partial charge in [0.25, 0.3) is 0 Å². The van der Waals surface area contributed by atoms with Crippen LogP contribution < -0.4 is 0 Å².